The van der Waals surface area contributed by atoms with E-state index in [1.807, 2.05) is 0 Å². The van der Waals surface area contributed by atoms with Crippen molar-refractivity contribution in [2.75, 3.05) is 19.6 Å². The van der Waals surface area contributed by atoms with Gasteiger partial charge >= 0.3 is 12.0 Å². The highest BCUT2D eigenvalue weighted by Gasteiger charge is 2.42. The lowest BCUT2D eigenvalue weighted by molar-refractivity contribution is -0.385. The molecule has 0 spiro atoms. The van der Waals surface area contributed by atoms with Crippen LogP contribution in [0.25, 0.3) is 0 Å². The number of ketones is 1. The predicted molar refractivity (Wildman–Crippen MR) is 120 cm³/mol. The number of benzene rings is 2. The van der Waals surface area contributed by atoms with E-state index in [2.05, 4.69) is 10.3 Å². The molecule has 2 amide bonds. The zero-order valence-corrected chi connectivity index (χ0v) is 18.6. The summed E-state index contributed by atoms with van der Waals surface area (Å²) in [5, 5.41) is 23.8. The van der Waals surface area contributed by atoms with Crippen LogP contribution in [0.1, 0.15) is 35.3 Å². The number of carboxylic acid groups (broad SMARTS) is 1. The number of urea groups is 1. The lowest BCUT2D eigenvalue weighted by Crippen LogP contribution is -2.47. The number of carbonyl (C=O) groups excluding carboxylic acids is 2. The SMILES string of the molecule is CC1=NC(=O)N(CCCNCC(=O)c2ccc(F)cc2F)C(c2cccc([N+](=O)[O-])c2)C1C(=O)O. The van der Waals surface area contributed by atoms with Crippen LogP contribution in [-0.2, 0) is 4.79 Å². The van der Waals surface area contributed by atoms with Crippen LogP contribution in [0.15, 0.2) is 47.5 Å². The van der Waals surface area contributed by atoms with Crippen LogP contribution in [0.3, 0.4) is 0 Å². The normalized spacial score (nSPS) is 17.7. The van der Waals surface area contributed by atoms with Crippen molar-refractivity contribution in [3.05, 3.63) is 75.3 Å². The summed E-state index contributed by atoms with van der Waals surface area (Å²) in [7, 11) is 0. The molecule has 0 fully saturated rings. The molecule has 3 rings (SSSR count). The average molecular weight is 488 g/mol. The van der Waals surface area contributed by atoms with Gasteiger partial charge in [-0.05, 0) is 37.6 Å². The van der Waals surface area contributed by atoms with Gasteiger partial charge in [0.25, 0.3) is 5.69 Å². The number of hydrogen-bond acceptors (Lipinski definition) is 6. The van der Waals surface area contributed by atoms with E-state index in [-0.39, 0.29) is 48.6 Å². The molecule has 184 valence electrons. The number of rotatable bonds is 10. The van der Waals surface area contributed by atoms with Crippen molar-refractivity contribution >= 4 is 29.2 Å². The molecule has 0 aromatic heterocycles. The molecule has 12 heteroatoms. The molecule has 2 aromatic rings. The first-order valence-corrected chi connectivity index (χ1v) is 10.6. The Balaban J connectivity index is 1.70. The van der Waals surface area contributed by atoms with E-state index >= 15 is 0 Å². The van der Waals surface area contributed by atoms with Gasteiger partial charge in [0.05, 0.1) is 23.1 Å². The topological polar surface area (TPSA) is 142 Å². The minimum atomic E-state index is -1.23. The van der Waals surface area contributed by atoms with Gasteiger partial charge in [-0.2, -0.15) is 0 Å². The van der Waals surface area contributed by atoms with Crippen molar-refractivity contribution in [3.63, 3.8) is 0 Å². The molecule has 0 saturated carbocycles. The summed E-state index contributed by atoms with van der Waals surface area (Å²) >= 11 is 0. The number of aliphatic carboxylic acids is 1. The van der Waals surface area contributed by atoms with Gasteiger partial charge in [-0.25, -0.2) is 18.6 Å². The van der Waals surface area contributed by atoms with Crippen LogP contribution in [0.2, 0.25) is 0 Å². The number of nitro groups is 1. The molecule has 35 heavy (non-hydrogen) atoms. The van der Waals surface area contributed by atoms with E-state index in [4.69, 9.17) is 0 Å². The highest BCUT2D eigenvalue weighted by molar-refractivity contribution is 6.07. The highest BCUT2D eigenvalue weighted by atomic mass is 19.1. The van der Waals surface area contributed by atoms with Gasteiger partial charge in [-0.15, -0.1) is 0 Å². The summed E-state index contributed by atoms with van der Waals surface area (Å²) in [6.07, 6.45) is 0.275. The predicted octanol–water partition coefficient (Wildman–Crippen LogP) is 3.37. The number of hydrogen-bond donors (Lipinski definition) is 2. The van der Waals surface area contributed by atoms with E-state index in [1.165, 1.54) is 36.1 Å². The molecule has 2 N–H and O–H groups in total. The molecule has 1 heterocycles. The molecule has 1 aliphatic rings. The molecule has 0 bridgehead atoms. The molecule has 1 aliphatic heterocycles. The van der Waals surface area contributed by atoms with Crippen LogP contribution >= 0.6 is 0 Å². The Morgan fingerprint density at radius 3 is 2.63 bits per heavy atom. The van der Waals surface area contributed by atoms with Crippen molar-refractivity contribution in [2.45, 2.75) is 19.4 Å². The van der Waals surface area contributed by atoms with Gasteiger partial charge in [0.1, 0.15) is 17.6 Å². The summed E-state index contributed by atoms with van der Waals surface area (Å²) in [4.78, 5) is 52.5. The minimum Gasteiger partial charge on any atom is -0.481 e. The van der Waals surface area contributed by atoms with Crippen molar-refractivity contribution in [2.24, 2.45) is 10.9 Å². The number of nitrogens with zero attached hydrogens (tertiary/aromatic N) is 3. The number of non-ortho nitro benzene ring substituents is 1. The van der Waals surface area contributed by atoms with Crippen LogP contribution in [0.5, 0.6) is 0 Å². The lowest BCUT2D eigenvalue weighted by atomic mass is 9.86. The van der Waals surface area contributed by atoms with Crippen molar-refractivity contribution < 1.29 is 33.2 Å². The Morgan fingerprint density at radius 1 is 1.23 bits per heavy atom. The summed E-state index contributed by atoms with van der Waals surface area (Å²) in [5.74, 6) is -4.79. The van der Waals surface area contributed by atoms with E-state index in [9.17, 15) is 38.4 Å². The smallest absolute Gasteiger partial charge is 0.344 e. The second kappa shape index (κ2) is 10.9. The van der Waals surface area contributed by atoms with Gasteiger partial charge in [0.15, 0.2) is 5.78 Å². The summed E-state index contributed by atoms with van der Waals surface area (Å²) in [6.45, 7) is 1.43. The number of nitrogens with one attached hydrogen (secondary N) is 1. The first-order chi connectivity index (χ1) is 16.6. The van der Waals surface area contributed by atoms with E-state index in [0.29, 0.717) is 6.07 Å². The fraction of sp³-hybridized carbons (Fsp3) is 0.304. The molecule has 0 aliphatic carbocycles. The van der Waals surface area contributed by atoms with Gasteiger partial charge in [-0.3, -0.25) is 19.7 Å². The van der Waals surface area contributed by atoms with Crippen molar-refractivity contribution in [1.82, 2.24) is 10.2 Å². The molecule has 10 nitrogen and oxygen atoms in total. The van der Waals surface area contributed by atoms with E-state index in [1.54, 1.807) is 0 Å². The number of halogens is 2. The number of carboxylic acids is 1. The van der Waals surface area contributed by atoms with Gasteiger partial charge in [0, 0.05) is 30.5 Å². The number of aliphatic imine (C=N–C) groups is 1. The second-order valence-electron chi connectivity index (χ2n) is 7.92. The van der Waals surface area contributed by atoms with E-state index < -0.39 is 46.3 Å². The van der Waals surface area contributed by atoms with Crippen molar-refractivity contribution in [1.29, 1.82) is 0 Å². The Labute approximate surface area is 198 Å². The average Bonchev–Trinajstić information content (AvgIpc) is 2.79. The third kappa shape index (κ3) is 5.90. The molecule has 2 unspecified atom stereocenters. The first-order valence-electron chi connectivity index (χ1n) is 10.6. The third-order valence-corrected chi connectivity index (χ3v) is 5.58. The Morgan fingerprint density at radius 2 is 1.97 bits per heavy atom. The van der Waals surface area contributed by atoms with E-state index in [0.717, 1.165) is 12.1 Å². The maximum absolute atomic E-state index is 13.7. The van der Waals surface area contributed by atoms with Crippen LogP contribution in [0.4, 0.5) is 19.3 Å². The standard InChI is InChI=1S/C23H22F2N4O6/c1-13-20(22(31)32)21(14-4-2-5-16(10-14)29(34)35)28(23(33)27-13)9-3-8-26-12-19(30)17-7-6-15(24)11-18(17)25/h2,4-7,10-11,20-21,26H,3,8-9,12H2,1H3,(H,31,32). The van der Waals surface area contributed by atoms with Crippen LogP contribution < -0.4 is 5.32 Å². The molecule has 2 aromatic carbocycles. The monoisotopic (exact) mass is 488 g/mol. The zero-order chi connectivity index (χ0) is 25.7. The van der Waals surface area contributed by atoms with Gasteiger partial charge in [-0.1, -0.05) is 12.1 Å². The zero-order valence-electron chi connectivity index (χ0n) is 18.6. The Kier molecular flexibility index (Phi) is 7.97. The Bertz CT molecular complexity index is 1200. The first kappa shape index (κ1) is 25.6. The largest absolute Gasteiger partial charge is 0.481 e. The maximum atomic E-state index is 13.7. The van der Waals surface area contributed by atoms with Crippen LogP contribution in [-0.4, -0.2) is 58.1 Å². The van der Waals surface area contributed by atoms with Gasteiger partial charge < -0.3 is 15.3 Å². The molecule has 0 saturated heterocycles. The summed E-state index contributed by atoms with van der Waals surface area (Å²) in [5.41, 5.74) is -0.137. The molecular formula is C23H22F2N4O6. The third-order valence-electron chi connectivity index (χ3n) is 5.58. The molecule has 0 radical (unpaired) electrons. The summed E-state index contributed by atoms with van der Waals surface area (Å²) < 4.78 is 26.8. The maximum Gasteiger partial charge on any atom is 0.344 e. The number of Topliss-reactive ketones (excluding diaryl/α,β-unsaturated/α-hetero) is 1. The molecule has 2 atom stereocenters. The summed E-state index contributed by atoms with van der Waals surface area (Å²) in [6, 6.07) is 6.37. The van der Waals surface area contributed by atoms with Crippen LogP contribution in [0, 0.1) is 27.7 Å². The minimum absolute atomic E-state index is 0.0405. The number of amides is 2. The quantitative estimate of drug-likeness (QED) is 0.226. The fourth-order valence-electron chi connectivity index (χ4n) is 3.94. The van der Waals surface area contributed by atoms with Crippen molar-refractivity contribution in [3.8, 4) is 0 Å². The number of carbonyl (C=O) groups is 3. The number of nitro benzene ring substituents is 1. The Hall–Kier alpha value is -4.06. The van der Waals surface area contributed by atoms with Gasteiger partial charge in [0.2, 0.25) is 0 Å². The lowest BCUT2D eigenvalue weighted by Gasteiger charge is -2.37. The second-order valence-corrected chi connectivity index (χ2v) is 7.92. The highest BCUT2D eigenvalue weighted by Crippen LogP contribution is 2.35. The fourth-order valence-corrected chi connectivity index (χ4v) is 3.94. The molecular weight excluding hydrogens is 466 g/mol.